The van der Waals surface area contributed by atoms with Crippen LogP contribution in [0.2, 0.25) is 5.02 Å². The summed E-state index contributed by atoms with van der Waals surface area (Å²) in [5.74, 6) is 1.13. The Hall–Kier alpha value is -2.92. The summed E-state index contributed by atoms with van der Waals surface area (Å²) in [5.41, 5.74) is 4.15. The SMILES string of the molecule is CC(=O)c1cccc(Nc2cc(C)nc(Nc3cc(Cl)ccc3C)n2)c1. The summed E-state index contributed by atoms with van der Waals surface area (Å²) in [6.07, 6.45) is 0. The van der Waals surface area contributed by atoms with E-state index in [1.807, 2.05) is 50.2 Å². The molecule has 26 heavy (non-hydrogen) atoms. The summed E-state index contributed by atoms with van der Waals surface area (Å²) in [5, 5.41) is 7.08. The van der Waals surface area contributed by atoms with Crippen molar-refractivity contribution in [1.29, 1.82) is 0 Å². The zero-order valence-electron chi connectivity index (χ0n) is 14.8. The van der Waals surface area contributed by atoms with Gasteiger partial charge in [0.1, 0.15) is 5.82 Å². The van der Waals surface area contributed by atoms with Gasteiger partial charge < -0.3 is 10.6 Å². The van der Waals surface area contributed by atoms with Crippen molar-refractivity contribution in [3.05, 3.63) is 70.4 Å². The largest absolute Gasteiger partial charge is 0.340 e. The highest BCUT2D eigenvalue weighted by molar-refractivity contribution is 6.30. The monoisotopic (exact) mass is 366 g/mol. The van der Waals surface area contributed by atoms with Crippen LogP contribution >= 0.6 is 11.6 Å². The van der Waals surface area contributed by atoms with Crippen LogP contribution in [0, 0.1) is 13.8 Å². The maximum Gasteiger partial charge on any atom is 0.229 e. The second-order valence-electron chi connectivity index (χ2n) is 6.06. The molecule has 132 valence electrons. The molecule has 0 aliphatic carbocycles. The lowest BCUT2D eigenvalue weighted by Crippen LogP contribution is -2.03. The van der Waals surface area contributed by atoms with Gasteiger partial charge >= 0.3 is 0 Å². The predicted octanol–water partition coefficient (Wildman–Crippen LogP) is 5.44. The highest BCUT2D eigenvalue weighted by Crippen LogP contribution is 2.24. The van der Waals surface area contributed by atoms with Gasteiger partial charge in [-0.15, -0.1) is 0 Å². The Morgan fingerprint density at radius 1 is 1.00 bits per heavy atom. The van der Waals surface area contributed by atoms with Crippen molar-refractivity contribution in [2.45, 2.75) is 20.8 Å². The van der Waals surface area contributed by atoms with Crippen LogP contribution in [0.25, 0.3) is 0 Å². The normalized spacial score (nSPS) is 10.5. The van der Waals surface area contributed by atoms with E-state index < -0.39 is 0 Å². The van der Waals surface area contributed by atoms with Crippen LogP contribution in [0.15, 0.2) is 48.5 Å². The van der Waals surface area contributed by atoms with E-state index in [9.17, 15) is 4.79 Å². The zero-order chi connectivity index (χ0) is 18.7. The van der Waals surface area contributed by atoms with Crippen LogP contribution in [0.1, 0.15) is 28.5 Å². The first-order valence-electron chi connectivity index (χ1n) is 8.17. The molecule has 0 saturated heterocycles. The summed E-state index contributed by atoms with van der Waals surface area (Å²) in [6, 6.07) is 14.8. The molecule has 0 saturated carbocycles. The van der Waals surface area contributed by atoms with Gasteiger partial charge in [-0.25, -0.2) is 4.98 Å². The van der Waals surface area contributed by atoms with Crippen molar-refractivity contribution >= 4 is 40.5 Å². The fourth-order valence-corrected chi connectivity index (χ4v) is 2.67. The van der Waals surface area contributed by atoms with E-state index in [1.165, 1.54) is 0 Å². The number of hydrogen-bond donors (Lipinski definition) is 2. The number of carbonyl (C=O) groups is 1. The Morgan fingerprint density at radius 2 is 1.81 bits per heavy atom. The zero-order valence-corrected chi connectivity index (χ0v) is 15.6. The number of benzene rings is 2. The molecule has 0 bridgehead atoms. The number of carbonyl (C=O) groups excluding carboxylic acids is 1. The van der Waals surface area contributed by atoms with E-state index in [-0.39, 0.29) is 5.78 Å². The maximum atomic E-state index is 11.5. The number of ketones is 1. The highest BCUT2D eigenvalue weighted by atomic mass is 35.5. The average molecular weight is 367 g/mol. The molecule has 1 aromatic heterocycles. The van der Waals surface area contributed by atoms with Crippen LogP contribution in [0.3, 0.4) is 0 Å². The van der Waals surface area contributed by atoms with Crippen molar-refractivity contribution in [2.75, 3.05) is 10.6 Å². The molecule has 2 aromatic carbocycles. The number of hydrogen-bond acceptors (Lipinski definition) is 5. The summed E-state index contributed by atoms with van der Waals surface area (Å²) in [7, 11) is 0. The van der Waals surface area contributed by atoms with Crippen molar-refractivity contribution in [2.24, 2.45) is 0 Å². The molecule has 5 nitrogen and oxygen atoms in total. The lowest BCUT2D eigenvalue weighted by molar-refractivity contribution is 0.101. The van der Waals surface area contributed by atoms with Gasteiger partial charge in [0.25, 0.3) is 0 Å². The quantitative estimate of drug-likeness (QED) is 0.589. The number of halogens is 1. The van der Waals surface area contributed by atoms with Gasteiger partial charge in [-0.05, 0) is 50.6 Å². The fourth-order valence-electron chi connectivity index (χ4n) is 2.50. The Balaban J connectivity index is 1.87. The van der Waals surface area contributed by atoms with Crippen LogP contribution < -0.4 is 10.6 Å². The molecule has 0 unspecified atom stereocenters. The number of anilines is 4. The minimum Gasteiger partial charge on any atom is -0.340 e. The van der Waals surface area contributed by atoms with Crippen LogP contribution in [0.5, 0.6) is 0 Å². The van der Waals surface area contributed by atoms with E-state index in [0.29, 0.717) is 22.4 Å². The van der Waals surface area contributed by atoms with E-state index in [2.05, 4.69) is 20.6 Å². The first kappa shape index (κ1) is 17.9. The molecular weight excluding hydrogens is 348 g/mol. The van der Waals surface area contributed by atoms with Gasteiger partial charge in [-0.2, -0.15) is 4.98 Å². The topological polar surface area (TPSA) is 66.9 Å². The number of nitrogens with zero attached hydrogens (tertiary/aromatic N) is 2. The van der Waals surface area contributed by atoms with Crippen LogP contribution in [0.4, 0.5) is 23.1 Å². The molecule has 0 aliphatic rings. The smallest absolute Gasteiger partial charge is 0.229 e. The van der Waals surface area contributed by atoms with E-state index in [0.717, 1.165) is 22.6 Å². The predicted molar refractivity (Wildman–Crippen MR) is 106 cm³/mol. The molecule has 6 heteroatoms. The van der Waals surface area contributed by atoms with Crippen molar-refractivity contribution in [3.8, 4) is 0 Å². The van der Waals surface area contributed by atoms with Gasteiger partial charge in [0.05, 0.1) is 0 Å². The van der Waals surface area contributed by atoms with Crippen molar-refractivity contribution in [3.63, 3.8) is 0 Å². The molecule has 2 N–H and O–H groups in total. The van der Waals surface area contributed by atoms with Gasteiger partial charge in [-0.1, -0.05) is 29.8 Å². The minimum atomic E-state index is 0.0197. The Labute approximate surface area is 157 Å². The summed E-state index contributed by atoms with van der Waals surface area (Å²) < 4.78 is 0. The molecule has 1 heterocycles. The first-order chi connectivity index (χ1) is 12.4. The molecule has 0 radical (unpaired) electrons. The fraction of sp³-hybridized carbons (Fsp3) is 0.150. The number of Topliss-reactive ketones (excluding diaryl/α,β-unsaturated/α-hetero) is 1. The summed E-state index contributed by atoms with van der Waals surface area (Å²) >= 11 is 6.07. The Bertz CT molecular complexity index is 972. The number of aromatic nitrogens is 2. The summed E-state index contributed by atoms with van der Waals surface area (Å²) in [4.78, 5) is 20.5. The highest BCUT2D eigenvalue weighted by Gasteiger charge is 2.07. The third-order valence-corrected chi connectivity index (χ3v) is 4.08. The number of nitrogens with one attached hydrogen (secondary N) is 2. The average Bonchev–Trinajstić information content (AvgIpc) is 2.58. The molecule has 3 aromatic rings. The van der Waals surface area contributed by atoms with E-state index >= 15 is 0 Å². The van der Waals surface area contributed by atoms with E-state index in [4.69, 9.17) is 11.6 Å². The first-order valence-corrected chi connectivity index (χ1v) is 8.55. The van der Waals surface area contributed by atoms with Gasteiger partial charge in [0.15, 0.2) is 5.78 Å². The van der Waals surface area contributed by atoms with Crippen molar-refractivity contribution < 1.29 is 4.79 Å². The third-order valence-electron chi connectivity index (χ3n) is 3.84. The molecule has 0 amide bonds. The molecule has 0 spiro atoms. The van der Waals surface area contributed by atoms with Gasteiger partial charge in [0, 0.05) is 33.7 Å². The molecular formula is C20H19ClN4O. The second kappa shape index (κ2) is 7.54. The minimum absolute atomic E-state index is 0.0197. The standard InChI is InChI=1S/C20H19ClN4O/c1-12-7-8-16(21)11-18(12)24-20-22-13(2)9-19(25-20)23-17-6-4-5-15(10-17)14(3)26/h4-11H,1-3H3,(H2,22,23,24,25). The number of rotatable bonds is 5. The van der Waals surface area contributed by atoms with Crippen LogP contribution in [-0.4, -0.2) is 15.8 Å². The van der Waals surface area contributed by atoms with Crippen molar-refractivity contribution in [1.82, 2.24) is 9.97 Å². The molecule has 0 atom stereocenters. The number of aryl methyl sites for hydroxylation is 2. The summed E-state index contributed by atoms with van der Waals surface area (Å²) in [6.45, 7) is 5.43. The molecule has 0 aliphatic heterocycles. The van der Waals surface area contributed by atoms with Gasteiger partial charge in [-0.3, -0.25) is 4.79 Å². The lowest BCUT2D eigenvalue weighted by Gasteiger charge is -2.12. The maximum absolute atomic E-state index is 11.5. The second-order valence-corrected chi connectivity index (χ2v) is 6.50. The van der Waals surface area contributed by atoms with Crippen LogP contribution in [-0.2, 0) is 0 Å². The van der Waals surface area contributed by atoms with Gasteiger partial charge in [0.2, 0.25) is 5.95 Å². The van der Waals surface area contributed by atoms with E-state index in [1.54, 1.807) is 19.1 Å². The Kier molecular flexibility index (Phi) is 5.19. The molecule has 0 fully saturated rings. The Morgan fingerprint density at radius 3 is 2.58 bits per heavy atom. The lowest BCUT2D eigenvalue weighted by atomic mass is 10.1. The third kappa shape index (κ3) is 4.37. The molecule has 3 rings (SSSR count).